The molecule has 0 heterocycles. The number of hydrogen-bond acceptors (Lipinski definition) is 2. The maximum Gasteiger partial charge on any atom is 0.337 e. The first-order valence-corrected chi connectivity index (χ1v) is 6.74. The first-order valence-electron chi connectivity index (χ1n) is 5.57. The van der Waals surface area contributed by atoms with E-state index in [0.717, 1.165) is 0 Å². The van der Waals surface area contributed by atoms with Crippen LogP contribution in [0.1, 0.15) is 20.7 Å². The predicted octanol–water partition coefficient (Wildman–Crippen LogP) is 4.05. The maximum absolute atomic E-state index is 12.0. The van der Waals surface area contributed by atoms with Crippen molar-refractivity contribution in [3.63, 3.8) is 0 Å². The summed E-state index contributed by atoms with van der Waals surface area (Å²) in [6.07, 6.45) is 0. The summed E-state index contributed by atoms with van der Waals surface area (Å²) in [6, 6.07) is 10.9. The van der Waals surface area contributed by atoms with Gasteiger partial charge < -0.3 is 10.4 Å². The predicted molar refractivity (Wildman–Crippen MR) is 80.5 cm³/mol. The molecule has 6 heteroatoms. The quantitative estimate of drug-likeness (QED) is 0.874. The summed E-state index contributed by atoms with van der Waals surface area (Å²) in [5.41, 5.74) is 0.649. The van der Waals surface area contributed by atoms with Gasteiger partial charge in [0.05, 0.1) is 11.3 Å². The van der Waals surface area contributed by atoms with Gasteiger partial charge in [-0.3, -0.25) is 4.79 Å². The molecular weight excluding hydrogens is 346 g/mol. The molecule has 0 bridgehead atoms. The van der Waals surface area contributed by atoms with Crippen molar-refractivity contribution in [3.8, 4) is 0 Å². The number of carbonyl (C=O) groups is 2. The lowest BCUT2D eigenvalue weighted by Gasteiger charge is -2.09. The second-order valence-corrected chi connectivity index (χ2v) is 5.31. The first kappa shape index (κ1) is 14.6. The highest BCUT2D eigenvalue weighted by atomic mass is 79.9. The Hall–Kier alpha value is -1.85. The van der Waals surface area contributed by atoms with E-state index in [9.17, 15) is 9.59 Å². The number of halogens is 2. The average molecular weight is 355 g/mol. The van der Waals surface area contributed by atoms with Crippen molar-refractivity contribution in [1.82, 2.24) is 0 Å². The SMILES string of the molecule is O=C(Nc1ccc(Br)cc1C(=O)O)c1ccc(Cl)cc1. The number of rotatable bonds is 3. The number of benzene rings is 2. The van der Waals surface area contributed by atoms with Gasteiger partial charge in [-0.25, -0.2) is 4.79 Å². The van der Waals surface area contributed by atoms with Crippen LogP contribution in [-0.4, -0.2) is 17.0 Å². The molecule has 0 saturated carbocycles. The Bertz CT molecular complexity index is 671. The largest absolute Gasteiger partial charge is 0.478 e. The van der Waals surface area contributed by atoms with E-state index >= 15 is 0 Å². The lowest BCUT2D eigenvalue weighted by molar-refractivity contribution is 0.0698. The highest BCUT2D eigenvalue weighted by Crippen LogP contribution is 2.22. The zero-order valence-corrected chi connectivity index (χ0v) is 12.4. The molecule has 0 atom stereocenters. The first-order chi connectivity index (χ1) is 9.47. The van der Waals surface area contributed by atoms with Crippen molar-refractivity contribution < 1.29 is 14.7 Å². The van der Waals surface area contributed by atoms with Gasteiger partial charge in [0.1, 0.15) is 0 Å². The molecule has 4 nitrogen and oxygen atoms in total. The molecule has 2 aromatic rings. The van der Waals surface area contributed by atoms with Crippen LogP contribution >= 0.6 is 27.5 Å². The Morgan fingerprint density at radius 2 is 1.75 bits per heavy atom. The highest BCUT2D eigenvalue weighted by molar-refractivity contribution is 9.10. The van der Waals surface area contributed by atoms with Gasteiger partial charge in [-0.1, -0.05) is 27.5 Å². The molecule has 0 radical (unpaired) electrons. The number of aromatic carboxylic acids is 1. The van der Waals surface area contributed by atoms with Crippen LogP contribution in [0.4, 0.5) is 5.69 Å². The van der Waals surface area contributed by atoms with Gasteiger partial charge in [0, 0.05) is 15.1 Å². The lowest BCUT2D eigenvalue weighted by Crippen LogP contribution is -2.14. The molecule has 2 rings (SSSR count). The fourth-order valence-electron chi connectivity index (χ4n) is 1.60. The van der Waals surface area contributed by atoms with Crippen molar-refractivity contribution in [2.24, 2.45) is 0 Å². The summed E-state index contributed by atoms with van der Waals surface area (Å²) in [4.78, 5) is 23.2. The summed E-state index contributed by atoms with van der Waals surface area (Å²) >= 11 is 8.94. The van der Waals surface area contributed by atoms with Gasteiger partial charge in [-0.15, -0.1) is 0 Å². The van der Waals surface area contributed by atoms with E-state index in [1.54, 1.807) is 30.3 Å². The van der Waals surface area contributed by atoms with E-state index in [0.29, 0.717) is 15.1 Å². The van der Waals surface area contributed by atoms with E-state index in [1.807, 2.05) is 0 Å². The molecule has 0 unspecified atom stereocenters. The van der Waals surface area contributed by atoms with Gasteiger partial charge in [0.15, 0.2) is 0 Å². The minimum absolute atomic E-state index is 0.0155. The van der Waals surface area contributed by atoms with E-state index < -0.39 is 11.9 Å². The van der Waals surface area contributed by atoms with Crippen molar-refractivity contribution >= 4 is 45.1 Å². The number of carboxylic acid groups (broad SMARTS) is 1. The monoisotopic (exact) mass is 353 g/mol. The van der Waals surface area contributed by atoms with E-state index in [4.69, 9.17) is 16.7 Å². The fraction of sp³-hybridized carbons (Fsp3) is 0. The van der Waals surface area contributed by atoms with Crippen LogP contribution in [0, 0.1) is 0 Å². The van der Waals surface area contributed by atoms with Crippen LogP contribution in [0.3, 0.4) is 0 Å². The molecule has 0 spiro atoms. The third-order valence-electron chi connectivity index (χ3n) is 2.57. The molecule has 2 N–H and O–H groups in total. The zero-order chi connectivity index (χ0) is 14.7. The molecule has 102 valence electrons. The van der Waals surface area contributed by atoms with Crippen molar-refractivity contribution in [1.29, 1.82) is 0 Å². The number of carbonyl (C=O) groups excluding carboxylic acids is 1. The number of hydrogen-bond donors (Lipinski definition) is 2. The Morgan fingerprint density at radius 1 is 1.10 bits per heavy atom. The Morgan fingerprint density at radius 3 is 2.35 bits per heavy atom. The Labute approximate surface area is 128 Å². The molecule has 0 fully saturated rings. The van der Waals surface area contributed by atoms with Crippen molar-refractivity contribution in [3.05, 3.63) is 63.1 Å². The standard InChI is InChI=1S/C14H9BrClNO3/c15-9-3-6-12(11(7-9)14(19)20)17-13(18)8-1-4-10(16)5-2-8/h1-7H,(H,17,18)(H,19,20). The minimum atomic E-state index is -1.11. The van der Waals surface area contributed by atoms with Crippen LogP contribution in [0.15, 0.2) is 46.9 Å². The smallest absolute Gasteiger partial charge is 0.337 e. The van der Waals surface area contributed by atoms with E-state index in [-0.39, 0.29) is 11.3 Å². The molecule has 0 aliphatic heterocycles. The molecular formula is C14H9BrClNO3. The Kier molecular flexibility index (Phi) is 4.42. The summed E-state index contributed by atoms with van der Waals surface area (Å²) in [7, 11) is 0. The van der Waals surface area contributed by atoms with Crippen LogP contribution in [0.5, 0.6) is 0 Å². The average Bonchev–Trinajstić information content (AvgIpc) is 2.41. The van der Waals surface area contributed by atoms with Gasteiger partial charge in [0.2, 0.25) is 0 Å². The molecule has 0 aliphatic rings. The van der Waals surface area contributed by atoms with Gasteiger partial charge in [0.25, 0.3) is 5.91 Å². The molecule has 0 aliphatic carbocycles. The zero-order valence-electron chi connectivity index (χ0n) is 10.1. The summed E-state index contributed by atoms with van der Waals surface area (Å²) in [5.74, 6) is -1.51. The number of amides is 1. The van der Waals surface area contributed by atoms with Crippen molar-refractivity contribution in [2.75, 3.05) is 5.32 Å². The van der Waals surface area contributed by atoms with Crippen molar-refractivity contribution in [2.45, 2.75) is 0 Å². The number of nitrogens with one attached hydrogen (secondary N) is 1. The van der Waals surface area contributed by atoms with Crippen LogP contribution in [-0.2, 0) is 0 Å². The van der Waals surface area contributed by atoms with Gasteiger partial charge >= 0.3 is 5.97 Å². The third kappa shape index (κ3) is 3.37. The second kappa shape index (κ2) is 6.07. The molecule has 0 saturated heterocycles. The molecule has 1 amide bonds. The number of anilines is 1. The Balaban J connectivity index is 2.28. The summed E-state index contributed by atoms with van der Waals surface area (Å²) in [6.45, 7) is 0. The summed E-state index contributed by atoms with van der Waals surface area (Å²) in [5, 5.41) is 12.2. The van der Waals surface area contributed by atoms with Crippen LogP contribution in [0.25, 0.3) is 0 Å². The maximum atomic E-state index is 12.0. The molecule has 2 aromatic carbocycles. The third-order valence-corrected chi connectivity index (χ3v) is 3.31. The topological polar surface area (TPSA) is 66.4 Å². The highest BCUT2D eigenvalue weighted by Gasteiger charge is 2.14. The fourth-order valence-corrected chi connectivity index (χ4v) is 2.09. The normalized spacial score (nSPS) is 10.1. The lowest BCUT2D eigenvalue weighted by atomic mass is 10.1. The van der Waals surface area contributed by atoms with Gasteiger partial charge in [-0.05, 0) is 42.5 Å². The van der Waals surface area contributed by atoms with Crippen LogP contribution < -0.4 is 5.32 Å². The number of carboxylic acids is 1. The minimum Gasteiger partial charge on any atom is -0.478 e. The second-order valence-electron chi connectivity index (χ2n) is 3.96. The van der Waals surface area contributed by atoms with Gasteiger partial charge in [-0.2, -0.15) is 0 Å². The molecule has 0 aromatic heterocycles. The van der Waals surface area contributed by atoms with E-state index in [1.165, 1.54) is 12.1 Å². The van der Waals surface area contributed by atoms with E-state index in [2.05, 4.69) is 21.2 Å². The summed E-state index contributed by atoms with van der Waals surface area (Å²) < 4.78 is 0.624. The van der Waals surface area contributed by atoms with Crippen LogP contribution in [0.2, 0.25) is 5.02 Å². The molecule has 20 heavy (non-hydrogen) atoms.